The fraction of sp³-hybridized carbons (Fsp3) is 0.357. The van der Waals surface area contributed by atoms with E-state index < -0.39 is 5.97 Å². The average Bonchev–Trinajstić information content (AvgIpc) is 2.87. The topological polar surface area (TPSA) is 74.3 Å². The molecule has 0 saturated carbocycles. The first-order valence-corrected chi connectivity index (χ1v) is 6.31. The number of pyridine rings is 1. The second kappa shape index (κ2) is 5.73. The van der Waals surface area contributed by atoms with Gasteiger partial charge in [0.25, 0.3) is 5.56 Å². The van der Waals surface area contributed by atoms with E-state index in [1.54, 1.807) is 20.8 Å². The Morgan fingerprint density at radius 2 is 2.20 bits per heavy atom. The van der Waals surface area contributed by atoms with Crippen molar-refractivity contribution in [1.82, 2.24) is 9.55 Å². The SMILES string of the molecule is CCOC(=O)c1c(C)cc(=O)n(Cc2ncco2)c1C. The molecule has 0 aromatic carbocycles. The summed E-state index contributed by atoms with van der Waals surface area (Å²) in [5.41, 5.74) is 1.37. The van der Waals surface area contributed by atoms with Crippen LogP contribution < -0.4 is 5.56 Å². The smallest absolute Gasteiger partial charge is 0.340 e. The van der Waals surface area contributed by atoms with Crippen molar-refractivity contribution < 1.29 is 13.9 Å². The minimum absolute atomic E-state index is 0.185. The monoisotopic (exact) mass is 276 g/mol. The van der Waals surface area contributed by atoms with Crippen LogP contribution in [0.5, 0.6) is 0 Å². The van der Waals surface area contributed by atoms with E-state index >= 15 is 0 Å². The van der Waals surface area contributed by atoms with Gasteiger partial charge in [-0.05, 0) is 26.3 Å². The van der Waals surface area contributed by atoms with Crippen LogP contribution in [0.25, 0.3) is 0 Å². The lowest BCUT2D eigenvalue weighted by atomic mass is 10.1. The number of aryl methyl sites for hydroxylation is 1. The number of carbonyl (C=O) groups is 1. The van der Waals surface area contributed by atoms with E-state index in [9.17, 15) is 9.59 Å². The lowest BCUT2D eigenvalue weighted by Crippen LogP contribution is -2.26. The van der Waals surface area contributed by atoms with E-state index in [1.165, 1.54) is 23.1 Å². The van der Waals surface area contributed by atoms with Gasteiger partial charge < -0.3 is 13.7 Å². The Morgan fingerprint density at radius 1 is 1.45 bits per heavy atom. The Bertz CT molecular complexity index is 671. The van der Waals surface area contributed by atoms with Crippen molar-refractivity contribution in [1.29, 1.82) is 0 Å². The van der Waals surface area contributed by atoms with Crippen LogP contribution in [0.4, 0.5) is 0 Å². The number of ether oxygens (including phenoxy) is 1. The van der Waals surface area contributed by atoms with Gasteiger partial charge in [0.15, 0.2) is 0 Å². The van der Waals surface area contributed by atoms with Gasteiger partial charge in [-0.1, -0.05) is 0 Å². The molecular formula is C14H16N2O4. The van der Waals surface area contributed by atoms with Gasteiger partial charge in [0, 0.05) is 11.8 Å². The number of nitrogens with zero attached hydrogens (tertiary/aromatic N) is 2. The molecule has 106 valence electrons. The molecule has 0 bridgehead atoms. The molecule has 0 spiro atoms. The first kappa shape index (κ1) is 14.0. The fourth-order valence-corrected chi connectivity index (χ4v) is 2.10. The van der Waals surface area contributed by atoms with Gasteiger partial charge in [-0.3, -0.25) is 4.79 Å². The highest BCUT2D eigenvalue weighted by Gasteiger charge is 2.18. The van der Waals surface area contributed by atoms with E-state index in [1.807, 2.05) is 0 Å². The molecule has 2 aromatic rings. The number of aromatic nitrogens is 2. The zero-order chi connectivity index (χ0) is 14.7. The highest BCUT2D eigenvalue weighted by Crippen LogP contribution is 2.14. The Balaban J connectivity index is 2.49. The molecule has 2 heterocycles. The summed E-state index contributed by atoms with van der Waals surface area (Å²) in [4.78, 5) is 28.0. The fourth-order valence-electron chi connectivity index (χ4n) is 2.10. The van der Waals surface area contributed by atoms with E-state index in [4.69, 9.17) is 9.15 Å². The van der Waals surface area contributed by atoms with Crippen molar-refractivity contribution in [2.75, 3.05) is 6.61 Å². The largest absolute Gasteiger partial charge is 0.462 e. The van der Waals surface area contributed by atoms with Crippen molar-refractivity contribution in [3.63, 3.8) is 0 Å². The molecule has 6 nitrogen and oxygen atoms in total. The zero-order valence-corrected chi connectivity index (χ0v) is 11.7. The number of hydrogen-bond acceptors (Lipinski definition) is 5. The van der Waals surface area contributed by atoms with Gasteiger partial charge in [-0.2, -0.15) is 0 Å². The maximum Gasteiger partial charge on any atom is 0.340 e. The molecule has 20 heavy (non-hydrogen) atoms. The molecule has 0 unspecified atom stereocenters. The summed E-state index contributed by atoms with van der Waals surface area (Å²) in [6, 6.07) is 1.42. The maximum atomic E-state index is 12.1. The van der Waals surface area contributed by atoms with E-state index in [2.05, 4.69) is 4.98 Å². The second-order valence-corrected chi connectivity index (χ2v) is 4.36. The average molecular weight is 276 g/mol. The quantitative estimate of drug-likeness (QED) is 0.794. The Hall–Kier alpha value is -2.37. The molecule has 0 aliphatic carbocycles. The minimum Gasteiger partial charge on any atom is -0.462 e. The second-order valence-electron chi connectivity index (χ2n) is 4.36. The molecule has 0 aliphatic rings. The van der Waals surface area contributed by atoms with E-state index in [0.717, 1.165) is 0 Å². The van der Waals surface area contributed by atoms with Crippen molar-refractivity contribution in [3.05, 3.63) is 51.6 Å². The van der Waals surface area contributed by atoms with Gasteiger partial charge in [-0.25, -0.2) is 9.78 Å². The van der Waals surface area contributed by atoms with Gasteiger partial charge in [0.1, 0.15) is 12.8 Å². The van der Waals surface area contributed by atoms with Crippen LogP contribution in [-0.4, -0.2) is 22.1 Å². The molecule has 0 saturated heterocycles. The standard InChI is InChI=1S/C14H16N2O4/c1-4-19-14(18)13-9(2)7-12(17)16(10(13)3)8-11-15-5-6-20-11/h5-7H,4,8H2,1-3H3. The number of oxazole rings is 1. The molecule has 0 amide bonds. The summed E-state index contributed by atoms with van der Waals surface area (Å²) >= 11 is 0. The van der Waals surface area contributed by atoms with Crippen LogP contribution in [0.3, 0.4) is 0 Å². The highest BCUT2D eigenvalue weighted by atomic mass is 16.5. The lowest BCUT2D eigenvalue weighted by Gasteiger charge is -2.14. The first-order valence-electron chi connectivity index (χ1n) is 6.31. The van der Waals surface area contributed by atoms with Gasteiger partial charge in [0.05, 0.1) is 18.4 Å². The zero-order valence-electron chi connectivity index (χ0n) is 11.7. The first-order chi connectivity index (χ1) is 9.54. The van der Waals surface area contributed by atoms with Crippen molar-refractivity contribution in [3.8, 4) is 0 Å². The molecule has 0 radical (unpaired) electrons. The molecular weight excluding hydrogens is 260 g/mol. The number of rotatable bonds is 4. The number of carbonyl (C=O) groups excluding carboxylic acids is 1. The summed E-state index contributed by atoms with van der Waals surface area (Å²) in [6.45, 7) is 5.64. The number of hydrogen-bond donors (Lipinski definition) is 0. The molecule has 0 atom stereocenters. The van der Waals surface area contributed by atoms with E-state index in [0.29, 0.717) is 22.7 Å². The molecule has 0 fully saturated rings. The van der Waals surface area contributed by atoms with Crippen LogP contribution in [0.2, 0.25) is 0 Å². The molecule has 0 aliphatic heterocycles. The lowest BCUT2D eigenvalue weighted by molar-refractivity contribution is 0.0523. The summed E-state index contributed by atoms with van der Waals surface area (Å²) in [7, 11) is 0. The maximum absolute atomic E-state index is 12.1. The van der Waals surface area contributed by atoms with Gasteiger partial charge >= 0.3 is 5.97 Å². The highest BCUT2D eigenvalue weighted by molar-refractivity contribution is 5.92. The third kappa shape index (κ3) is 2.64. The van der Waals surface area contributed by atoms with Crippen LogP contribution in [0.1, 0.15) is 34.4 Å². The van der Waals surface area contributed by atoms with Gasteiger partial charge in [0.2, 0.25) is 5.89 Å². The third-order valence-corrected chi connectivity index (χ3v) is 3.02. The normalized spacial score (nSPS) is 10.6. The molecule has 6 heteroatoms. The molecule has 2 rings (SSSR count). The summed E-state index contributed by atoms with van der Waals surface area (Å²) in [5.74, 6) is -0.0162. The van der Waals surface area contributed by atoms with Crippen LogP contribution >= 0.6 is 0 Å². The summed E-state index contributed by atoms with van der Waals surface area (Å²) in [5, 5.41) is 0. The van der Waals surface area contributed by atoms with Crippen LogP contribution in [0.15, 0.2) is 27.7 Å². The predicted molar refractivity (Wildman–Crippen MR) is 71.7 cm³/mol. The Labute approximate surface area is 116 Å². The Kier molecular flexibility index (Phi) is 4.02. The van der Waals surface area contributed by atoms with Crippen molar-refractivity contribution in [2.24, 2.45) is 0 Å². The van der Waals surface area contributed by atoms with Crippen LogP contribution in [-0.2, 0) is 11.3 Å². The van der Waals surface area contributed by atoms with Crippen LogP contribution in [0, 0.1) is 13.8 Å². The van der Waals surface area contributed by atoms with Crippen molar-refractivity contribution >= 4 is 5.97 Å². The van der Waals surface area contributed by atoms with Gasteiger partial charge in [-0.15, -0.1) is 0 Å². The van der Waals surface area contributed by atoms with Crippen molar-refractivity contribution in [2.45, 2.75) is 27.3 Å². The van der Waals surface area contributed by atoms with E-state index in [-0.39, 0.29) is 18.7 Å². The summed E-state index contributed by atoms with van der Waals surface area (Å²) < 4.78 is 11.6. The predicted octanol–water partition coefficient (Wildman–Crippen LogP) is 1.68. The Morgan fingerprint density at radius 3 is 2.80 bits per heavy atom. The molecule has 0 N–H and O–H groups in total. The number of esters is 1. The molecule has 2 aromatic heterocycles. The summed E-state index contributed by atoms with van der Waals surface area (Å²) in [6.07, 6.45) is 2.95. The minimum atomic E-state index is -0.427. The third-order valence-electron chi connectivity index (χ3n) is 3.02.